The Morgan fingerprint density at radius 2 is 1.97 bits per heavy atom. The first-order valence-corrected chi connectivity index (χ1v) is 10.1. The third-order valence-electron chi connectivity index (χ3n) is 4.97. The van der Waals surface area contributed by atoms with Crippen molar-refractivity contribution in [2.45, 2.75) is 19.2 Å². The highest BCUT2D eigenvalue weighted by Gasteiger charge is 2.32. The first kappa shape index (κ1) is 23.3. The Morgan fingerprint density at radius 3 is 2.58 bits per heavy atom. The van der Waals surface area contributed by atoms with Crippen molar-refractivity contribution in [1.29, 1.82) is 0 Å². The largest absolute Gasteiger partial charge is 0.491 e. The molecule has 1 aliphatic rings. The number of nitrogens with zero attached hydrogens (tertiary/aromatic N) is 3. The van der Waals surface area contributed by atoms with Crippen LogP contribution in [0.4, 0.5) is 19.0 Å². The predicted octanol–water partition coefficient (Wildman–Crippen LogP) is 3.52. The number of β-amino-alcohol motifs (C(OH)–C–C–N with tert-alkyl or cyclic N) is 1. The highest BCUT2D eigenvalue weighted by molar-refractivity contribution is 6.33. The van der Waals surface area contributed by atoms with Gasteiger partial charge in [0.05, 0.1) is 10.6 Å². The van der Waals surface area contributed by atoms with Gasteiger partial charge >= 0.3 is 6.18 Å². The molecule has 1 unspecified atom stereocenters. The van der Waals surface area contributed by atoms with Gasteiger partial charge in [0.15, 0.2) is 5.78 Å². The van der Waals surface area contributed by atoms with Crippen LogP contribution in [0.1, 0.15) is 22.8 Å². The molecule has 1 aromatic carbocycles. The SMILES string of the molecule is CC(=O)c1cccc(OCC(O)CN2CCN(c3ncc(C(F)(F)F)cc3Cl)CC2)c1. The number of aliphatic hydroxyl groups is 1. The van der Waals surface area contributed by atoms with Crippen molar-refractivity contribution in [3.8, 4) is 5.75 Å². The molecule has 3 rings (SSSR count). The van der Waals surface area contributed by atoms with E-state index in [4.69, 9.17) is 16.3 Å². The molecule has 1 aliphatic heterocycles. The molecule has 1 N–H and O–H groups in total. The summed E-state index contributed by atoms with van der Waals surface area (Å²) in [5.41, 5.74) is -0.338. The third kappa shape index (κ3) is 6.32. The van der Waals surface area contributed by atoms with Gasteiger partial charge < -0.3 is 14.7 Å². The fraction of sp³-hybridized carbons (Fsp3) is 0.429. The maximum absolute atomic E-state index is 12.8. The Morgan fingerprint density at radius 1 is 1.26 bits per heavy atom. The lowest BCUT2D eigenvalue weighted by molar-refractivity contribution is -0.137. The number of Topliss-reactive ketones (excluding diaryl/α,β-unsaturated/α-hetero) is 1. The molecule has 168 valence electrons. The van der Waals surface area contributed by atoms with E-state index in [0.717, 1.165) is 12.3 Å². The summed E-state index contributed by atoms with van der Waals surface area (Å²) < 4.78 is 43.9. The number of hydrogen-bond acceptors (Lipinski definition) is 6. The number of piperazine rings is 1. The lowest BCUT2D eigenvalue weighted by Crippen LogP contribution is -2.49. The molecule has 31 heavy (non-hydrogen) atoms. The monoisotopic (exact) mass is 457 g/mol. The Balaban J connectivity index is 1.48. The summed E-state index contributed by atoms with van der Waals surface area (Å²) in [5.74, 6) is 0.773. The number of carbonyl (C=O) groups is 1. The van der Waals surface area contributed by atoms with Crippen LogP contribution in [0, 0.1) is 0 Å². The fourth-order valence-corrected chi connectivity index (χ4v) is 3.59. The van der Waals surface area contributed by atoms with Gasteiger partial charge in [-0.3, -0.25) is 9.69 Å². The van der Waals surface area contributed by atoms with E-state index >= 15 is 0 Å². The number of anilines is 1. The average Bonchev–Trinajstić information content (AvgIpc) is 2.72. The number of aromatic nitrogens is 1. The first-order chi connectivity index (χ1) is 14.6. The second-order valence-electron chi connectivity index (χ2n) is 7.36. The molecule has 1 fully saturated rings. The van der Waals surface area contributed by atoms with Crippen LogP contribution in [0.25, 0.3) is 0 Å². The maximum atomic E-state index is 12.8. The number of ether oxygens (including phenoxy) is 1. The van der Waals surface area contributed by atoms with E-state index < -0.39 is 17.8 Å². The van der Waals surface area contributed by atoms with Gasteiger partial charge in [-0.2, -0.15) is 13.2 Å². The zero-order chi connectivity index (χ0) is 22.6. The number of rotatable bonds is 7. The summed E-state index contributed by atoms with van der Waals surface area (Å²) >= 11 is 6.02. The Kier molecular flexibility index (Phi) is 7.40. The van der Waals surface area contributed by atoms with E-state index in [9.17, 15) is 23.1 Å². The Labute approximate surface area is 183 Å². The van der Waals surface area contributed by atoms with E-state index in [1.54, 1.807) is 24.3 Å². The van der Waals surface area contributed by atoms with E-state index in [-0.39, 0.29) is 17.4 Å². The normalized spacial score (nSPS) is 16.3. The van der Waals surface area contributed by atoms with Crippen molar-refractivity contribution in [2.75, 3.05) is 44.2 Å². The molecule has 0 saturated carbocycles. The van der Waals surface area contributed by atoms with Gasteiger partial charge in [0.25, 0.3) is 0 Å². The molecule has 2 aromatic rings. The van der Waals surface area contributed by atoms with Crippen molar-refractivity contribution in [1.82, 2.24) is 9.88 Å². The standard InChI is InChI=1S/C21H23ClF3N3O3/c1-14(29)15-3-2-4-18(9-15)31-13-17(30)12-27-5-7-28(8-6-27)20-19(22)10-16(11-26-20)21(23,24)25/h2-4,9-11,17,30H,5-8,12-13H2,1H3. The molecule has 0 amide bonds. The number of benzene rings is 1. The van der Waals surface area contributed by atoms with E-state index in [0.29, 0.717) is 49.9 Å². The van der Waals surface area contributed by atoms with Crippen molar-refractivity contribution in [3.63, 3.8) is 0 Å². The summed E-state index contributed by atoms with van der Waals surface area (Å²) in [4.78, 5) is 19.2. The van der Waals surface area contributed by atoms with Crippen molar-refractivity contribution in [3.05, 3.63) is 52.7 Å². The number of ketones is 1. The van der Waals surface area contributed by atoms with Crippen molar-refractivity contribution >= 4 is 23.2 Å². The van der Waals surface area contributed by atoms with Gasteiger partial charge in [0.2, 0.25) is 0 Å². The Bertz CT molecular complexity index is 918. The van der Waals surface area contributed by atoms with Crippen LogP contribution < -0.4 is 9.64 Å². The number of carbonyl (C=O) groups excluding carboxylic acids is 1. The fourth-order valence-electron chi connectivity index (χ4n) is 3.31. The van der Waals surface area contributed by atoms with Crippen LogP contribution in [-0.4, -0.2) is 66.2 Å². The molecule has 2 heterocycles. The number of halogens is 4. The van der Waals surface area contributed by atoms with Crippen molar-refractivity contribution in [2.24, 2.45) is 0 Å². The third-order valence-corrected chi connectivity index (χ3v) is 5.25. The van der Waals surface area contributed by atoms with Crippen LogP contribution >= 0.6 is 11.6 Å². The molecule has 0 spiro atoms. The van der Waals surface area contributed by atoms with Gasteiger partial charge in [0.1, 0.15) is 24.3 Å². The second-order valence-corrected chi connectivity index (χ2v) is 7.77. The smallest absolute Gasteiger partial charge is 0.417 e. The van der Waals surface area contributed by atoms with Gasteiger partial charge in [-0.25, -0.2) is 4.98 Å². The quantitative estimate of drug-likeness (QED) is 0.642. The molecule has 0 radical (unpaired) electrons. The molecule has 0 aliphatic carbocycles. The molecule has 0 bridgehead atoms. The number of pyridine rings is 1. The lowest BCUT2D eigenvalue weighted by Gasteiger charge is -2.36. The lowest BCUT2D eigenvalue weighted by atomic mass is 10.1. The number of alkyl halides is 3. The van der Waals surface area contributed by atoms with Crippen LogP contribution in [-0.2, 0) is 6.18 Å². The van der Waals surface area contributed by atoms with E-state index in [2.05, 4.69) is 4.98 Å². The molecule has 6 nitrogen and oxygen atoms in total. The average molecular weight is 458 g/mol. The number of aliphatic hydroxyl groups excluding tert-OH is 1. The van der Waals surface area contributed by atoms with Gasteiger partial charge in [-0.05, 0) is 25.1 Å². The number of hydrogen-bond donors (Lipinski definition) is 1. The van der Waals surface area contributed by atoms with Gasteiger partial charge in [-0.15, -0.1) is 0 Å². The molecule has 1 saturated heterocycles. The maximum Gasteiger partial charge on any atom is 0.417 e. The summed E-state index contributed by atoms with van der Waals surface area (Å²) in [7, 11) is 0. The summed E-state index contributed by atoms with van der Waals surface area (Å²) in [6.07, 6.45) is -4.43. The molecular weight excluding hydrogens is 435 g/mol. The topological polar surface area (TPSA) is 65.9 Å². The summed E-state index contributed by atoms with van der Waals surface area (Å²) in [5, 5.41) is 10.3. The minimum Gasteiger partial charge on any atom is -0.491 e. The highest BCUT2D eigenvalue weighted by Crippen LogP contribution is 2.33. The zero-order valence-corrected chi connectivity index (χ0v) is 17.7. The minimum absolute atomic E-state index is 0.0375. The van der Waals surface area contributed by atoms with E-state index in [1.807, 2.05) is 9.80 Å². The zero-order valence-electron chi connectivity index (χ0n) is 16.9. The van der Waals surface area contributed by atoms with Gasteiger partial charge in [-0.1, -0.05) is 23.7 Å². The molecule has 10 heteroatoms. The van der Waals surface area contributed by atoms with E-state index in [1.165, 1.54) is 6.92 Å². The van der Waals surface area contributed by atoms with Gasteiger partial charge in [0, 0.05) is 44.5 Å². The molecule has 1 atom stereocenters. The second kappa shape index (κ2) is 9.84. The van der Waals surface area contributed by atoms with Crippen molar-refractivity contribution < 1.29 is 27.8 Å². The molecule has 1 aromatic heterocycles. The predicted molar refractivity (Wildman–Crippen MR) is 111 cm³/mol. The van der Waals surface area contributed by atoms with Crippen LogP contribution in [0.5, 0.6) is 5.75 Å². The van der Waals surface area contributed by atoms with Crippen LogP contribution in [0.3, 0.4) is 0 Å². The summed E-state index contributed by atoms with van der Waals surface area (Å²) in [6, 6.07) is 7.66. The minimum atomic E-state index is -4.49. The van der Waals surface area contributed by atoms with Crippen LogP contribution in [0.15, 0.2) is 36.5 Å². The van der Waals surface area contributed by atoms with Crippen LogP contribution in [0.2, 0.25) is 5.02 Å². The summed E-state index contributed by atoms with van der Waals surface area (Å²) in [6.45, 7) is 4.16. The first-order valence-electron chi connectivity index (χ1n) is 9.75. The molecular formula is C21H23ClF3N3O3. The Hall–Kier alpha value is -2.36. The highest BCUT2D eigenvalue weighted by atomic mass is 35.5.